The molecule has 3 unspecified atom stereocenters. The Balaban J connectivity index is 2.03. The number of unbranched alkanes of at least 4 members (excludes halogenated alkanes) is 2. The number of esters is 1. The van der Waals surface area contributed by atoms with E-state index in [0.717, 1.165) is 38.5 Å². The molecular formula is C30H48N2O5S. The van der Waals surface area contributed by atoms with Crippen molar-refractivity contribution >= 4 is 29.5 Å². The highest BCUT2D eigenvalue weighted by Crippen LogP contribution is 2.72. The fourth-order valence-corrected chi connectivity index (χ4v) is 9.31. The SMILES string of the molecule is C=CCCCCOC(=O)[C@H]1[C@H]2C(=O)N([C@@H](CO)C(C)C)C(C(=O)N(CC=C)C(C)CCC)C23CC[C@]1(C)S3. The molecule has 3 aliphatic heterocycles. The zero-order valence-corrected chi connectivity index (χ0v) is 24.8. The van der Waals surface area contributed by atoms with Crippen LogP contribution in [0.5, 0.6) is 0 Å². The number of aliphatic hydroxyl groups is 1. The van der Waals surface area contributed by atoms with E-state index in [0.29, 0.717) is 19.6 Å². The van der Waals surface area contributed by atoms with E-state index < -0.39 is 33.4 Å². The van der Waals surface area contributed by atoms with E-state index in [9.17, 15) is 19.5 Å². The molecule has 3 heterocycles. The lowest BCUT2D eigenvalue weighted by Crippen LogP contribution is -2.59. The largest absolute Gasteiger partial charge is 0.465 e. The predicted octanol–water partition coefficient (Wildman–Crippen LogP) is 4.59. The lowest BCUT2D eigenvalue weighted by Gasteiger charge is -2.42. The fourth-order valence-electron chi connectivity index (χ4n) is 6.99. The van der Waals surface area contributed by atoms with E-state index >= 15 is 0 Å². The van der Waals surface area contributed by atoms with Crippen LogP contribution in [-0.2, 0) is 19.1 Å². The first-order chi connectivity index (χ1) is 18.0. The molecule has 38 heavy (non-hydrogen) atoms. The number of carbonyl (C=O) groups excluding carboxylic acids is 3. The summed E-state index contributed by atoms with van der Waals surface area (Å²) in [6, 6.07) is -1.26. The first-order valence-electron chi connectivity index (χ1n) is 14.4. The van der Waals surface area contributed by atoms with Gasteiger partial charge < -0.3 is 19.6 Å². The molecule has 0 radical (unpaired) electrons. The number of amides is 2. The van der Waals surface area contributed by atoms with Crippen molar-refractivity contribution < 1.29 is 24.2 Å². The molecule has 0 aliphatic carbocycles. The number of hydrogen-bond acceptors (Lipinski definition) is 6. The average molecular weight is 549 g/mol. The summed E-state index contributed by atoms with van der Waals surface area (Å²) in [7, 11) is 0. The quantitative estimate of drug-likeness (QED) is 0.183. The summed E-state index contributed by atoms with van der Waals surface area (Å²) in [6.07, 6.45) is 9.30. The number of rotatable bonds is 15. The van der Waals surface area contributed by atoms with Crippen molar-refractivity contribution in [2.75, 3.05) is 19.8 Å². The van der Waals surface area contributed by atoms with Crippen molar-refractivity contribution in [1.29, 1.82) is 0 Å². The molecule has 3 rings (SSSR count). The normalized spacial score (nSPS) is 31.3. The molecule has 0 aromatic heterocycles. The highest BCUT2D eigenvalue weighted by atomic mass is 32.2. The van der Waals surface area contributed by atoms with Gasteiger partial charge in [-0.1, -0.05) is 39.3 Å². The number of aliphatic hydroxyl groups excluding tert-OH is 1. The number of carbonyl (C=O) groups is 3. The van der Waals surface area contributed by atoms with Gasteiger partial charge in [0, 0.05) is 17.3 Å². The summed E-state index contributed by atoms with van der Waals surface area (Å²) in [5.74, 6) is -1.93. The topological polar surface area (TPSA) is 87.1 Å². The minimum Gasteiger partial charge on any atom is -0.465 e. The Labute approximate surface area is 233 Å². The van der Waals surface area contributed by atoms with Crippen LogP contribution in [0.3, 0.4) is 0 Å². The molecule has 3 fully saturated rings. The van der Waals surface area contributed by atoms with E-state index in [1.165, 1.54) is 0 Å². The van der Waals surface area contributed by atoms with Crippen molar-refractivity contribution in [2.24, 2.45) is 17.8 Å². The molecule has 7 nitrogen and oxygen atoms in total. The van der Waals surface area contributed by atoms with Crippen LogP contribution in [-0.4, -0.2) is 80.1 Å². The minimum atomic E-state index is -0.740. The number of nitrogens with zero attached hydrogens (tertiary/aromatic N) is 2. The zero-order valence-electron chi connectivity index (χ0n) is 24.0. The lowest BCUT2D eigenvalue weighted by molar-refractivity contribution is -0.156. The summed E-state index contributed by atoms with van der Waals surface area (Å²) < 4.78 is 4.57. The summed E-state index contributed by atoms with van der Waals surface area (Å²) in [5.41, 5.74) is 0. The zero-order chi connectivity index (χ0) is 28.3. The average Bonchev–Trinajstić information content (AvgIpc) is 3.43. The first kappa shape index (κ1) is 30.7. The Hall–Kier alpha value is -1.80. The van der Waals surface area contributed by atoms with Gasteiger partial charge in [-0.25, -0.2) is 0 Å². The minimum absolute atomic E-state index is 0.0138. The number of likely N-dealkylation sites (tertiary alicyclic amines) is 1. The monoisotopic (exact) mass is 548 g/mol. The molecule has 1 N–H and O–H groups in total. The second-order valence-corrected chi connectivity index (χ2v) is 13.7. The summed E-state index contributed by atoms with van der Waals surface area (Å²) >= 11 is 1.65. The molecule has 214 valence electrons. The Morgan fingerprint density at radius 3 is 2.53 bits per heavy atom. The molecule has 7 atom stereocenters. The van der Waals surface area contributed by atoms with Crippen LogP contribution in [0.4, 0.5) is 0 Å². The van der Waals surface area contributed by atoms with Gasteiger partial charge in [0.05, 0.1) is 35.8 Å². The Bertz CT molecular complexity index is 909. The Morgan fingerprint density at radius 2 is 1.95 bits per heavy atom. The predicted molar refractivity (Wildman–Crippen MR) is 153 cm³/mol. The molecule has 0 aromatic rings. The van der Waals surface area contributed by atoms with Crippen LogP contribution >= 0.6 is 11.8 Å². The molecule has 0 saturated carbocycles. The molecule has 2 amide bonds. The van der Waals surface area contributed by atoms with Crippen LogP contribution in [0.2, 0.25) is 0 Å². The van der Waals surface area contributed by atoms with E-state index in [4.69, 9.17) is 4.74 Å². The summed E-state index contributed by atoms with van der Waals surface area (Å²) in [4.78, 5) is 45.9. The molecular weight excluding hydrogens is 500 g/mol. The van der Waals surface area contributed by atoms with Gasteiger partial charge in [0.15, 0.2) is 0 Å². The van der Waals surface area contributed by atoms with Crippen LogP contribution in [0.15, 0.2) is 25.3 Å². The van der Waals surface area contributed by atoms with Gasteiger partial charge in [-0.3, -0.25) is 14.4 Å². The van der Waals surface area contributed by atoms with Gasteiger partial charge >= 0.3 is 5.97 Å². The second kappa shape index (κ2) is 12.6. The smallest absolute Gasteiger partial charge is 0.311 e. The maximum atomic E-state index is 14.5. The Morgan fingerprint density at radius 1 is 1.24 bits per heavy atom. The number of hydrogen-bond donors (Lipinski definition) is 1. The van der Waals surface area contributed by atoms with E-state index in [2.05, 4.69) is 27.0 Å². The second-order valence-electron chi connectivity index (χ2n) is 11.8. The van der Waals surface area contributed by atoms with Crippen LogP contribution in [0.1, 0.15) is 79.6 Å². The highest BCUT2D eigenvalue weighted by Gasteiger charge is 2.78. The van der Waals surface area contributed by atoms with E-state index in [1.54, 1.807) is 22.7 Å². The number of fused-ring (bicyclic) bond motifs is 1. The molecule has 3 aliphatic rings. The van der Waals surface area contributed by atoms with E-state index in [-0.39, 0.29) is 36.4 Å². The third-order valence-corrected chi connectivity index (χ3v) is 10.9. The maximum Gasteiger partial charge on any atom is 0.311 e. The number of allylic oxidation sites excluding steroid dienone is 1. The van der Waals surface area contributed by atoms with Gasteiger partial charge in [-0.2, -0.15) is 0 Å². The third-order valence-electron chi connectivity index (χ3n) is 8.91. The van der Waals surface area contributed by atoms with Crippen molar-refractivity contribution in [3.63, 3.8) is 0 Å². The number of ether oxygens (including phenoxy) is 1. The molecule has 3 saturated heterocycles. The van der Waals surface area contributed by atoms with Gasteiger partial charge in [-0.05, 0) is 58.3 Å². The van der Waals surface area contributed by atoms with Crippen molar-refractivity contribution in [3.05, 3.63) is 25.3 Å². The van der Waals surface area contributed by atoms with Crippen LogP contribution in [0.25, 0.3) is 0 Å². The molecule has 8 heteroatoms. The molecule has 2 bridgehead atoms. The van der Waals surface area contributed by atoms with Crippen molar-refractivity contribution in [2.45, 2.75) is 107 Å². The lowest BCUT2D eigenvalue weighted by atomic mass is 9.66. The Kier molecular flexibility index (Phi) is 10.2. The van der Waals surface area contributed by atoms with Gasteiger partial charge in [0.25, 0.3) is 0 Å². The van der Waals surface area contributed by atoms with Gasteiger partial charge in [0.1, 0.15) is 6.04 Å². The summed E-state index contributed by atoms with van der Waals surface area (Å²) in [5, 5.41) is 10.4. The molecule has 0 aromatic carbocycles. The van der Waals surface area contributed by atoms with Crippen molar-refractivity contribution in [1.82, 2.24) is 9.80 Å². The van der Waals surface area contributed by atoms with Gasteiger partial charge in [0.2, 0.25) is 11.8 Å². The van der Waals surface area contributed by atoms with Crippen LogP contribution < -0.4 is 0 Å². The van der Waals surface area contributed by atoms with Crippen LogP contribution in [0, 0.1) is 17.8 Å². The molecule has 1 spiro atoms. The van der Waals surface area contributed by atoms with E-state index in [1.807, 2.05) is 31.7 Å². The van der Waals surface area contributed by atoms with Crippen molar-refractivity contribution in [3.8, 4) is 0 Å². The highest BCUT2D eigenvalue weighted by molar-refractivity contribution is 8.02. The standard InChI is InChI=1S/C30H48N2O5S/c1-8-11-12-13-18-37-28(36)24-23-26(34)32(22(19-33)20(4)5)25(30(23)16-15-29(24,7)38-30)27(35)31(17-10-3)21(6)14-9-2/h8,10,20-25,33H,1,3,9,11-19H2,2,4-7H3/t21?,22-,23-,24+,25?,29-,30?/m0/s1. The van der Waals surface area contributed by atoms with Gasteiger partial charge in [-0.15, -0.1) is 24.9 Å². The fraction of sp³-hybridized carbons (Fsp3) is 0.767. The number of thioether (sulfide) groups is 1. The third kappa shape index (κ3) is 5.32. The summed E-state index contributed by atoms with van der Waals surface area (Å²) in [6.45, 7) is 18.2. The maximum absolute atomic E-state index is 14.5. The first-order valence-corrected chi connectivity index (χ1v) is 15.2.